The fraction of sp³-hybridized carbons (Fsp3) is 0.158. The zero-order valence-electron chi connectivity index (χ0n) is 12.0. The number of benzene rings is 3. The Morgan fingerprint density at radius 1 is 0.952 bits per heavy atom. The monoisotopic (exact) mass is 358 g/mol. The van der Waals surface area contributed by atoms with Gasteiger partial charge in [-0.15, -0.1) is 11.6 Å². The largest absolute Gasteiger partial charge is 0.113 e. The Bertz CT molecular complexity index is 788. The highest BCUT2D eigenvalue weighted by molar-refractivity contribution is 9.10. The van der Waals surface area contributed by atoms with Crippen molar-refractivity contribution in [3.8, 4) is 0 Å². The summed E-state index contributed by atoms with van der Waals surface area (Å²) >= 11 is 10.4. The first-order valence-electron chi connectivity index (χ1n) is 6.95. The lowest BCUT2D eigenvalue weighted by Gasteiger charge is -2.17. The van der Waals surface area contributed by atoms with Crippen LogP contribution in [0.25, 0.3) is 10.8 Å². The Morgan fingerprint density at radius 3 is 2.48 bits per heavy atom. The lowest BCUT2D eigenvalue weighted by Crippen LogP contribution is -1.98. The molecular weight excluding hydrogens is 344 g/mol. The number of halogens is 2. The van der Waals surface area contributed by atoms with Crippen molar-refractivity contribution in [1.82, 2.24) is 0 Å². The molecule has 106 valence electrons. The average molecular weight is 360 g/mol. The van der Waals surface area contributed by atoms with Crippen LogP contribution in [0.3, 0.4) is 0 Å². The highest BCUT2D eigenvalue weighted by atomic mass is 79.9. The van der Waals surface area contributed by atoms with E-state index in [0.717, 1.165) is 10.0 Å². The number of rotatable bonds is 2. The lowest BCUT2D eigenvalue weighted by atomic mass is 9.93. The maximum atomic E-state index is 6.84. The topological polar surface area (TPSA) is 0 Å². The van der Waals surface area contributed by atoms with Crippen LogP contribution in [0, 0.1) is 13.8 Å². The van der Waals surface area contributed by atoms with Crippen molar-refractivity contribution in [2.75, 3.05) is 0 Å². The van der Waals surface area contributed by atoms with Gasteiger partial charge in [0.25, 0.3) is 0 Å². The molecule has 0 saturated heterocycles. The molecule has 3 aromatic rings. The minimum absolute atomic E-state index is 0.146. The van der Waals surface area contributed by atoms with Gasteiger partial charge in [0, 0.05) is 4.47 Å². The van der Waals surface area contributed by atoms with E-state index in [0.29, 0.717) is 0 Å². The van der Waals surface area contributed by atoms with E-state index < -0.39 is 0 Å². The van der Waals surface area contributed by atoms with Gasteiger partial charge in [0.1, 0.15) is 0 Å². The third kappa shape index (κ3) is 2.86. The standard InChI is InChI=1S/C19H16BrCl/c1-12-9-15(11-16(20)10-12)19(21)18-13(2)7-8-14-5-3-4-6-17(14)18/h3-11,19H,1-2H3. The van der Waals surface area contributed by atoms with Crippen LogP contribution in [0.4, 0.5) is 0 Å². The van der Waals surface area contributed by atoms with E-state index in [1.165, 1.54) is 27.5 Å². The molecule has 3 aromatic carbocycles. The van der Waals surface area contributed by atoms with Crippen LogP contribution in [0.5, 0.6) is 0 Å². The van der Waals surface area contributed by atoms with E-state index in [9.17, 15) is 0 Å². The van der Waals surface area contributed by atoms with Gasteiger partial charge < -0.3 is 0 Å². The Balaban J connectivity index is 2.21. The lowest BCUT2D eigenvalue weighted by molar-refractivity contribution is 1.12. The molecule has 21 heavy (non-hydrogen) atoms. The van der Waals surface area contributed by atoms with Crippen LogP contribution < -0.4 is 0 Å². The van der Waals surface area contributed by atoms with Gasteiger partial charge in [-0.25, -0.2) is 0 Å². The van der Waals surface area contributed by atoms with Crippen molar-refractivity contribution >= 4 is 38.3 Å². The summed E-state index contributed by atoms with van der Waals surface area (Å²) in [6, 6.07) is 19.1. The summed E-state index contributed by atoms with van der Waals surface area (Å²) in [6.45, 7) is 4.22. The van der Waals surface area contributed by atoms with Crippen molar-refractivity contribution in [2.45, 2.75) is 19.2 Å². The van der Waals surface area contributed by atoms with Crippen LogP contribution >= 0.6 is 27.5 Å². The molecule has 0 aliphatic heterocycles. The number of aryl methyl sites for hydroxylation is 2. The molecule has 3 rings (SSSR count). The summed E-state index contributed by atoms with van der Waals surface area (Å²) in [4.78, 5) is 0. The van der Waals surface area contributed by atoms with Crippen LogP contribution in [-0.2, 0) is 0 Å². The van der Waals surface area contributed by atoms with E-state index in [-0.39, 0.29) is 5.38 Å². The maximum absolute atomic E-state index is 6.84. The van der Waals surface area contributed by atoms with Crippen LogP contribution in [0.2, 0.25) is 0 Å². The van der Waals surface area contributed by atoms with E-state index in [1.54, 1.807) is 0 Å². The normalized spacial score (nSPS) is 12.6. The van der Waals surface area contributed by atoms with E-state index in [4.69, 9.17) is 11.6 Å². The molecule has 2 heteroatoms. The fourth-order valence-electron chi connectivity index (χ4n) is 2.82. The van der Waals surface area contributed by atoms with Gasteiger partial charge >= 0.3 is 0 Å². The molecule has 0 fully saturated rings. The summed E-state index contributed by atoms with van der Waals surface area (Å²) in [5.41, 5.74) is 4.77. The Kier molecular flexibility index (Phi) is 4.05. The first-order chi connectivity index (χ1) is 10.1. The molecule has 0 bridgehead atoms. The van der Waals surface area contributed by atoms with E-state index >= 15 is 0 Å². The van der Waals surface area contributed by atoms with Gasteiger partial charge in [0.2, 0.25) is 0 Å². The van der Waals surface area contributed by atoms with Crippen LogP contribution in [0.1, 0.15) is 27.6 Å². The van der Waals surface area contributed by atoms with Gasteiger partial charge in [-0.1, -0.05) is 58.4 Å². The average Bonchev–Trinajstić information content (AvgIpc) is 2.45. The number of fused-ring (bicyclic) bond motifs is 1. The molecule has 0 aliphatic rings. The Morgan fingerprint density at radius 2 is 1.71 bits per heavy atom. The maximum Gasteiger partial charge on any atom is 0.0844 e. The summed E-state index contributed by atoms with van der Waals surface area (Å²) in [6.07, 6.45) is 0. The molecule has 0 spiro atoms. The molecule has 0 saturated carbocycles. The third-order valence-corrected chi connectivity index (χ3v) is 4.73. The second-order valence-electron chi connectivity index (χ2n) is 5.44. The predicted molar refractivity (Wildman–Crippen MR) is 95.3 cm³/mol. The Hall–Kier alpha value is -1.31. The molecular formula is C19H16BrCl. The summed E-state index contributed by atoms with van der Waals surface area (Å²) in [5, 5.41) is 2.32. The quantitative estimate of drug-likeness (QED) is 0.455. The van der Waals surface area contributed by atoms with Crippen molar-refractivity contribution in [3.05, 3.63) is 81.3 Å². The number of hydrogen-bond donors (Lipinski definition) is 0. The first-order valence-corrected chi connectivity index (χ1v) is 8.18. The molecule has 1 atom stereocenters. The second-order valence-corrected chi connectivity index (χ2v) is 6.79. The zero-order chi connectivity index (χ0) is 15.0. The third-order valence-electron chi connectivity index (χ3n) is 3.80. The highest BCUT2D eigenvalue weighted by Crippen LogP contribution is 2.37. The van der Waals surface area contributed by atoms with Crippen LogP contribution in [0.15, 0.2) is 59.1 Å². The minimum atomic E-state index is -0.146. The molecule has 0 N–H and O–H groups in total. The molecule has 0 radical (unpaired) electrons. The van der Waals surface area contributed by atoms with Crippen molar-refractivity contribution in [1.29, 1.82) is 0 Å². The van der Waals surface area contributed by atoms with Gasteiger partial charge in [-0.05, 0) is 59.0 Å². The minimum Gasteiger partial charge on any atom is -0.113 e. The van der Waals surface area contributed by atoms with Gasteiger partial charge in [0.15, 0.2) is 0 Å². The van der Waals surface area contributed by atoms with Crippen molar-refractivity contribution < 1.29 is 0 Å². The number of alkyl halides is 1. The zero-order valence-corrected chi connectivity index (χ0v) is 14.4. The van der Waals surface area contributed by atoms with Gasteiger partial charge in [0.05, 0.1) is 5.38 Å². The molecule has 0 heterocycles. The van der Waals surface area contributed by atoms with Gasteiger partial charge in [-0.2, -0.15) is 0 Å². The summed E-state index contributed by atoms with van der Waals surface area (Å²) in [7, 11) is 0. The summed E-state index contributed by atoms with van der Waals surface area (Å²) in [5.74, 6) is 0. The molecule has 0 aliphatic carbocycles. The van der Waals surface area contributed by atoms with Crippen LogP contribution in [-0.4, -0.2) is 0 Å². The molecule has 0 amide bonds. The molecule has 1 unspecified atom stereocenters. The highest BCUT2D eigenvalue weighted by Gasteiger charge is 2.17. The predicted octanol–water partition coefficient (Wildman–Crippen LogP) is 6.55. The second kappa shape index (κ2) is 5.82. The summed E-state index contributed by atoms with van der Waals surface area (Å²) < 4.78 is 1.07. The first kappa shape index (κ1) is 14.6. The van der Waals surface area contributed by atoms with E-state index in [1.807, 2.05) is 0 Å². The van der Waals surface area contributed by atoms with E-state index in [2.05, 4.69) is 84.4 Å². The number of hydrogen-bond acceptors (Lipinski definition) is 0. The molecule has 0 nitrogen and oxygen atoms in total. The van der Waals surface area contributed by atoms with Gasteiger partial charge in [-0.3, -0.25) is 0 Å². The molecule has 0 aromatic heterocycles. The Labute approximate surface area is 138 Å². The SMILES string of the molecule is Cc1cc(Br)cc(C(Cl)c2c(C)ccc3ccccc23)c1. The van der Waals surface area contributed by atoms with Crippen molar-refractivity contribution in [2.24, 2.45) is 0 Å². The fourth-order valence-corrected chi connectivity index (χ4v) is 3.86. The van der Waals surface area contributed by atoms with Crippen molar-refractivity contribution in [3.63, 3.8) is 0 Å². The smallest absolute Gasteiger partial charge is 0.0844 e.